The monoisotopic (exact) mass is 340 g/mol. The van der Waals surface area contributed by atoms with E-state index in [1.54, 1.807) is 30.3 Å². The van der Waals surface area contributed by atoms with Gasteiger partial charge in [-0.25, -0.2) is 13.4 Å². The zero-order valence-electron chi connectivity index (χ0n) is 13.1. The standard InChI is InChI=1S/C18H16N2O3S/c1-24(22,23)12-13-6-8-15(9-7-13)18(21)20-17-11-10-14-4-2-3-5-16(14)19-17/h2-11H,12H2,1H3,(H,19,20,21). The van der Waals surface area contributed by atoms with Crippen molar-refractivity contribution in [2.24, 2.45) is 0 Å². The maximum Gasteiger partial charge on any atom is 0.256 e. The van der Waals surface area contributed by atoms with E-state index in [-0.39, 0.29) is 11.7 Å². The molecule has 0 bridgehead atoms. The molecule has 3 rings (SSSR count). The third-order valence-corrected chi connectivity index (χ3v) is 4.34. The number of sulfone groups is 1. The van der Waals surface area contributed by atoms with Gasteiger partial charge in [0.15, 0.2) is 9.84 Å². The second-order valence-electron chi connectivity index (χ2n) is 5.61. The fourth-order valence-electron chi connectivity index (χ4n) is 2.38. The molecule has 0 radical (unpaired) electrons. The summed E-state index contributed by atoms with van der Waals surface area (Å²) in [4.78, 5) is 16.7. The number of amides is 1. The van der Waals surface area contributed by atoms with Gasteiger partial charge in [-0.15, -0.1) is 0 Å². The maximum absolute atomic E-state index is 12.3. The molecule has 0 fully saturated rings. The van der Waals surface area contributed by atoms with Crippen LogP contribution in [0.15, 0.2) is 60.7 Å². The number of para-hydroxylation sites is 1. The number of pyridine rings is 1. The lowest BCUT2D eigenvalue weighted by molar-refractivity contribution is 0.102. The Bertz CT molecular complexity index is 996. The van der Waals surface area contributed by atoms with Crippen LogP contribution < -0.4 is 5.32 Å². The number of nitrogens with one attached hydrogen (secondary N) is 1. The van der Waals surface area contributed by atoms with E-state index < -0.39 is 9.84 Å². The van der Waals surface area contributed by atoms with Crippen molar-refractivity contribution < 1.29 is 13.2 Å². The minimum absolute atomic E-state index is 0.0405. The first-order valence-electron chi connectivity index (χ1n) is 7.34. The van der Waals surface area contributed by atoms with E-state index >= 15 is 0 Å². The van der Waals surface area contributed by atoms with Crippen LogP contribution in [-0.4, -0.2) is 25.6 Å². The molecule has 0 aliphatic heterocycles. The van der Waals surface area contributed by atoms with E-state index in [1.165, 1.54) is 6.26 Å². The van der Waals surface area contributed by atoms with Crippen molar-refractivity contribution >= 4 is 32.5 Å². The second kappa shape index (κ2) is 6.41. The highest BCUT2D eigenvalue weighted by molar-refractivity contribution is 7.89. The molecule has 1 amide bonds. The van der Waals surface area contributed by atoms with Gasteiger partial charge in [-0.2, -0.15) is 0 Å². The molecule has 6 heteroatoms. The van der Waals surface area contributed by atoms with Crippen LogP contribution in [0.1, 0.15) is 15.9 Å². The van der Waals surface area contributed by atoms with Gasteiger partial charge in [0.05, 0.1) is 11.3 Å². The van der Waals surface area contributed by atoms with Crippen LogP contribution in [0.5, 0.6) is 0 Å². The lowest BCUT2D eigenvalue weighted by Gasteiger charge is -2.06. The van der Waals surface area contributed by atoms with Gasteiger partial charge in [-0.3, -0.25) is 4.79 Å². The Kier molecular flexibility index (Phi) is 4.31. The van der Waals surface area contributed by atoms with Crippen molar-refractivity contribution in [3.8, 4) is 0 Å². The predicted octanol–water partition coefficient (Wildman–Crippen LogP) is 3.03. The fraction of sp³-hybridized carbons (Fsp3) is 0.111. The van der Waals surface area contributed by atoms with Crippen molar-refractivity contribution in [3.63, 3.8) is 0 Å². The lowest BCUT2D eigenvalue weighted by Crippen LogP contribution is -2.13. The van der Waals surface area contributed by atoms with Crippen LogP contribution in [0.3, 0.4) is 0 Å². The number of carbonyl (C=O) groups excluding carboxylic acids is 1. The van der Waals surface area contributed by atoms with E-state index in [0.29, 0.717) is 16.9 Å². The normalized spacial score (nSPS) is 11.4. The van der Waals surface area contributed by atoms with E-state index in [4.69, 9.17) is 0 Å². The molecule has 3 aromatic rings. The average Bonchev–Trinajstić information content (AvgIpc) is 2.54. The van der Waals surface area contributed by atoms with Crippen molar-refractivity contribution in [3.05, 3.63) is 71.8 Å². The van der Waals surface area contributed by atoms with Crippen molar-refractivity contribution in [2.45, 2.75) is 5.75 Å². The van der Waals surface area contributed by atoms with Gasteiger partial charge in [-0.05, 0) is 35.9 Å². The summed E-state index contributed by atoms with van der Waals surface area (Å²) in [7, 11) is -3.09. The van der Waals surface area contributed by atoms with E-state index in [9.17, 15) is 13.2 Å². The number of rotatable bonds is 4. The van der Waals surface area contributed by atoms with Crippen molar-refractivity contribution in [2.75, 3.05) is 11.6 Å². The fourth-order valence-corrected chi connectivity index (χ4v) is 3.18. The Labute approximate surface area is 140 Å². The SMILES string of the molecule is CS(=O)(=O)Cc1ccc(C(=O)Nc2ccc3ccccc3n2)cc1. The number of fused-ring (bicyclic) bond motifs is 1. The van der Waals surface area contributed by atoms with Gasteiger partial charge in [0.2, 0.25) is 0 Å². The van der Waals surface area contributed by atoms with Gasteiger partial charge in [0, 0.05) is 17.2 Å². The zero-order chi connectivity index (χ0) is 17.2. The molecule has 0 aliphatic rings. The number of hydrogen-bond donors (Lipinski definition) is 1. The highest BCUT2D eigenvalue weighted by Gasteiger charge is 2.09. The quantitative estimate of drug-likeness (QED) is 0.792. The average molecular weight is 340 g/mol. The number of benzene rings is 2. The van der Waals surface area contributed by atoms with Crippen LogP contribution in [-0.2, 0) is 15.6 Å². The first-order chi connectivity index (χ1) is 11.4. The molecule has 0 unspecified atom stereocenters. The predicted molar refractivity (Wildman–Crippen MR) is 94.7 cm³/mol. The van der Waals surface area contributed by atoms with Gasteiger partial charge >= 0.3 is 0 Å². The molecular formula is C18H16N2O3S. The first kappa shape index (κ1) is 16.1. The number of aromatic nitrogens is 1. The number of anilines is 1. The topological polar surface area (TPSA) is 76.1 Å². The molecule has 1 heterocycles. The Morgan fingerprint density at radius 1 is 1.00 bits per heavy atom. The summed E-state index contributed by atoms with van der Waals surface area (Å²) in [6, 6.07) is 17.8. The highest BCUT2D eigenvalue weighted by atomic mass is 32.2. The Balaban J connectivity index is 1.76. The van der Waals surface area contributed by atoms with Crippen molar-refractivity contribution in [1.29, 1.82) is 0 Å². The molecule has 122 valence electrons. The second-order valence-corrected chi connectivity index (χ2v) is 7.75. The van der Waals surface area contributed by atoms with Crippen LogP contribution >= 0.6 is 0 Å². The molecular weight excluding hydrogens is 324 g/mol. The molecule has 24 heavy (non-hydrogen) atoms. The van der Waals surface area contributed by atoms with Gasteiger partial charge in [0.1, 0.15) is 5.82 Å². The first-order valence-corrected chi connectivity index (χ1v) is 9.41. The number of nitrogens with zero attached hydrogens (tertiary/aromatic N) is 1. The molecule has 0 spiro atoms. The van der Waals surface area contributed by atoms with Crippen LogP contribution in [0.2, 0.25) is 0 Å². The van der Waals surface area contributed by atoms with E-state index in [0.717, 1.165) is 10.9 Å². The molecule has 2 aromatic carbocycles. The van der Waals surface area contributed by atoms with Crippen LogP contribution in [0.4, 0.5) is 5.82 Å². The lowest BCUT2D eigenvalue weighted by atomic mass is 10.1. The molecule has 1 aromatic heterocycles. The molecule has 5 nitrogen and oxygen atoms in total. The Morgan fingerprint density at radius 2 is 1.71 bits per heavy atom. The highest BCUT2D eigenvalue weighted by Crippen LogP contribution is 2.15. The van der Waals surface area contributed by atoms with Crippen LogP contribution in [0.25, 0.3) is 10.9 Å². The molecule has 0 atom stereocenters. The molecule has 1 N–H and O–H groups in total. The maximum atomic E-state index is 12.3. The summed E-state index contributed by atoms with van der Waals surface area (Å²) in [5, 5.41) is 3.75. The summed E-state index contributed by atoms with van der Waals surface area (Å²) < 4.78 is 22.6. The summed E-state index contributed by atoms with van der Waals surface area (Å²) in [6.07, 6.45) is 1.18. The molecule has 0 saturated heterocycles. The summed E-state index contributed by atoms with van der Waals surface area (Å²) >= 11 is 0. The Morgan fingerprint density at radius 3 is 2.42 bits per heavy atom. The third-order valence-electron chi connectivity index (χ3n) is 3.48. The van der Waals surface area contributed by atoms with Gasteiger partial charge in [-0.1, -0.05) is 30.3 Å². The number of hydrogen-bond acceptors (Lipinski definition) is 4. The summed E-state index contributed by atoms with van der Waals surface area (Å²) in [5.41, 5.74) is 1.90. The van der Waals surface area contributed by atoms with Crippen LogP contribution in [0, 0.1) is 0 Å². The van der Waals surface area contributed by atoms with E-state index in [1.807, 2.05) is 30.3 Å². The third kappa shape index (κ3) is 3.97. The molecule has 0 saturated carbocycles. The smallest absolute Gasteiger partial charge is 0.256 e. The molecule has 0 aliphatic carbocycles. The van der Waals surface area contributed by atoms with Gasteiger partial charge in [0.25, 0.3) is 5.91 Å². The van der Waals surface area contributed by atoms with Crippen molar-refractivity contribution in [1.82, 2.24) is 4.98 Å². The summed E-state index contributed by atoms with van der Waals surface area (Å²) in [6.45, 7) is 0. The zero-order valence-corrected chi connectivity index (χ0v) is 13.9. The minimum Gasteiger partial charge on any atom is -0.307 e. The largest absolute Gasteiger partial charge is 0.307 e. The van der Waals surface area contributed by atoms with Gasteiger partial charge < -0.3 is 5.32 Å². The number of carbonyl (C=O) groups is 1. The summed E-state index contributed by atoms with van der Waals surface area (Å²) in [5.74, 6) is 0.142. The van der Waals surface area contributed by atoms with E-state index in [2.05, 4.69) is 10.3 Å². The Hall–Kier alpha value is -2.73. The minimum atomic E-state index is -3.09.